The van der Waals surface area contributed by atoms with Gasteiger partial charge in [-0.15, -0.1) is 0 Å². The van der Waals surface area contributed by atoms with Crippen LogP contribution in [0.3, 0.4) is 0 Å². The summed E-state index contributed by atoms with van der Waals surface area (Å²) in [6, 6.07) is 7.72. The smallest absolute Gasteiger partial charge is 0.239 e. The third-order valence-corrected chi connectivity index (χ3v) is 3.55. The Labute approximate surface area is 113 Å². The van der Waals surface area contributed by atoms with Crippen molar-refractivity contribution < 1.29 is 4.79 Å². The molecule has 19 heavy (non-hydrogen) atoms. The highest BCUT2D eigenvalue weighted by molar-refractivity contribution is 5.86. The zero-order valence-corrected chi connectivity index (χ0v) is 11.7. The van der Waals surface area contributed by atoms with Gasteiger partial charge in [-0.1, -0.05) is 18.2 Å². The van der Waals surface area contributed by atoms with Gasteiger partial charge in [0.05, 0.1) is 6.04 Å². The molecule has 0 radical (unpaired) electrons. The molecule has 1 heterocycles. The van der Waals surface area contributed by atoms with Crippen LogP contribution in [-0.4, -0.2) is 34.9 Å². The van der Waals surface area contributed by atoms with Gasteiger partial charge in [-0.05, 0) is 31.9 Å². The second kappa shape index (κ2) is 5.45. The zero-order chi connectivity index (χ0) is 14.0. The van der Waals surface area contributed by atoms with Gasteiger partial charge in [0.15, 0.2) is 0 Å². The number of benzene rings is 1. The number of H-pyrrole nitrogens is 1. The molecule has 2 rings (SSSR count). The number of hydrogen-bond donors (Lipinski definition) is 2. The van der Waals surface area contributed by atoms with Crippen LogP contribution in [0.15, 0.2) is 30.5 Å². The lowest BCUT2D eigenvalue weighted by molar-refractivity contribution is -0.132. The maximum absolute atomic E-state index is 12.1. The predicted octanol–water partition coefficient (Wildman–Crippen LogP) is 1.90. The molecule has 4 heteroatoms. The van der Waals surface area contributed by atoms with Crippen LogP contribution in [0.4, 0.5) is 0 Å². The van der Waals surface area contributed by atoms with E-state index in [0.717, 1.165) is 16.5 Å². The molecule has 1 aromatic carbocycles. The van der Waals surface area contributed by atoms with Gasteiger partial charge in [-0.2, -0.15) is 0 Å². The van der Waals surface area contributed by atoms with Gasteiger partial charge >= 0.3 is 0 Å². The minimum atomic E-state index is -0.494. The Balaban J connectivity index is 2.15. The van der Waals surface area contributed by atoms with Crippen LogP contribution in [0.2, 0.25) is 0 Å². The molecule has 0 unspecified atom stereocenters. The van der Waals surface area contributed by atoms with Gasteiger partial charge in [0.1, 0.15) is 0 Å². The van der Waals surface area contributed by atoms with E-state index in [1.165, 1.54) is 0 Å². The van der Waals surface area contributed by atoms with Gasteiger partial charge < -0.3 is 15.6 Å². The molecule has 3 N–H and O–H groups in total. The number of hydrogen-bond acceptors (Lipinski definition) is 2. The lowest BCUT2D eigenvalue weighted by Crippen LogP contribution is -2.45. The molecule has 2 aromatic rings. The number of likely N-dealkylation sites (N-methyl/N-ethyl adjacent to an activating group) is 1. The molecule has 0 aliphatic carbocycles. The van der Waals surface area contributed by atoms with Crippen molar-refractivity contribution in [2.75, 3.05) is 7.05 Å². The normalized spacial score (nSPS) is 12.9. The largest absolute Gasteiger partial charge is 0.361 e. The topological polar surface area (TPSA) is 62.1 Å². The molecule has 0 saturated heterocycles. The molecule has 102 valence electrons. The van der Waals surface area contributed by atoms with Crippen molar-refractivity contribution in [2.24, 2.45) is 5.73 Å². The van der Waals surface area contributed by atoms with Crippen LogP contribution in [0.1, 0.15) is 19.4 Å². The number of nitrogens with zero attached hydrogens (tertiary/aromatic N) is 1. The van der Waals surface area contributed by atoms with Crippen molar-refractivity contribution in [3.63, 3.8) is 0 Å². The van der Waals surface area contributed by atoms with Crippen molar-refractivity contribution in [1.29, 1.82) is 0 Å². The highest BCUT2D eigenvalue weighted by atomic mass is 16.2. The highest BCUT2D eigenvalue weighted by Crippen LogP contribution is 2.19. The quantitative estimate of drug-likeness (QED) is 0.881. The van der Waals surface area contributed by atoms with Crippen LogP contribution >= 0.6 is 0 Å². The van der Waals surface area contributed by atoms with E-state index in [1.807, 2.05) is 44.3 Å². The van der Waals surface area contributed by atoms with Crippen LogP contribution in [0.25, 0.3) is 10.9 Å². The average molecular weight is 259 g/mol. The molecular weight excluding hydrogens is 238 g/mol. The summed E-state index contributed by atoms with van der Waals surface area (Å²) in [5, 5.41) is 1.14. The third kappa shape index (κ3) is 2.79. The second-order valence-corrected chi connectivity index (χ2v) is 5.21. The van der Waals surface area contributed by atoms with Gasteiger partial charge in [-0.3, -0.25) is 4.79 Å². The van der Waals surface area contributed by atoms with Crippen molar-refractivity contribution in [1.82, 2.24) is 9.88 Å². The molecule has 1 amide bonds. The molecule has 0 aliphatic heterocycles. The lowest BCUT2D eigenvalue weighted by Gasteiger charge is -2.24. The number of aromatic nitrogens is 1. The van der Waals surface area contributed by atoms with Crippen LogP contribution in [0, 0.1) is 0 Å². The van der Waals surface area contributed by atoms with Gasteiger partial charge in [-0.25, -0.2) is 0 Å². The van der Waals surface area contributed by atoms with Crippen LogP contribution in [-0.2, 0) is 11.2 Å². The van der Waals surface area contributed by atoms with E-state index in [2.05, 4.69) is 4.98 Å². The van der Waals surface area contributed by atoms with E-state index in [9.17, 15) is 4.79 Å². The van der Waals surface area contributed by atoms with E-state index >= 15 is 0 Å². The van der Waals surface area contributed by atoms with Crippen LogP contribution < -0.4 is 5.73 Å². The SMILES string of the molecule is CC(C)N(C)C(=O)[C@@H](N)Cc1c[nH]c2ccccc12. The minimum Gasteiger partial charge on any atom is -0.361 e. The number of para-hydroxylation sites is 1. The number of aromatic amines is 1. The summed E-state index contributed by atoms with van der Waals surface area (Å²) in [7, 11) is 1.79. The minimum absolute atomic E-state index is 0.0136. The Kier molecular flexibility index (Phi) is 3.90. The van der Waals surface area contributed by atoms with E-state index in [0.29, 0.717) is 6.42 Å². The number of rotatable bonds is 4. The second-order valence-electron chi connectivity index (χ2n) is 5.21. The van der Waals surface area contributed by atoms with Crippen molar-refractivity contribution in [3.8, 4) is 0 Å². The summed E-state index contributed by atoms with van der Waals surface area (Å²) in [6.07, 6.45) is 2.49. The highest BCUT2D eigenvalue weighted by Gasteiger charge is 2.21. The molecule has 4 nitrogen and oxygen atoms in total. The van der Waals surface area contributed by atoms with E-state index < -0.39 is 6.04 Å². The fourth-order valence-electron chi connectivity index (χ4n) is 2.14. The number of carbonyl (C=O) groups excluding carboxylic acids is 1. The zero-order valence-electron chi connectivity index (χ0n) is 11.7. The molecule has 0 fully saturated rings. The summed E-state index contributed by atoms with van der Waals surface area (Å²) < 4.78 is 0. The fourth-order valence-corrected chi connectivity index (χ4v) is 2.14. The molecular formula is C15H21N3O. The van der Waals surface area contributed by atoms with Crippen molar-refractivity contribution in [3.05, 3.63) is 36.0 Å². The first-order valence-electron chi connectivity index (χ1n) is 6.58. The molecule has 0 spiro atoms. The van der Waals surface area contributed by atoms with Gasteiger partial charge in [0.2, 0.25) is 5.91 Å². The van der Waals surface area contributed by atoms with E-state index in [1.54, 1.807) is 11.9 Å². The van der Waals surface area contributed by atoms with Crippen LogP contribution in [0.5, 0.6) is 0 Å². The number of amides is 1. The van der Waals surface area contributed by atoms with Crippen molar-refractivity contribution in [2.45, 2.75) is 32.4 Å². The standard InChI is InChI=1S/C15H21N3O/c1-10(2)18(3)15(19)13(16)8-11-9-17-14-7-5-4-6-12(11)14/h4-7,9-10,13,17H,8,16H2,1-3H3/t13-/m0/s1. The first-order chi connectivity index (χ1) is 9.00. The Morgan fingerprint density at radius 2 is 2.05 bits per heavy atom. The fraction of sp³-hybridized carbons (Fsp3) is 0.400. The maximum Gasteiger partial charge on any atom is 0.239 e. The molecule has 0 saturated carbocycles. The summed E-state index contributed by atoms with van der Waals surface area (Å²) >= 11 is 0. The van der Waals surface area contributed by atoms with Crippen molar-refractivity contribution >= 4 is 16.8 Å². The van der Waals surface area contributed by atoms with E-state index in [4.69, 9.17) is 5.73 Å². The predicted molar refractivity (Wildman–Crippen MR) is 77.9 cm³/mol. The average Bonchev–Trinajstić information content (AvgIpc) is 2.80. The molecule has 0 aliphatic rings. The van der Waals surface area contributed by atoms with Gasteiger partial charge in [0, 0.05) is 30.2 Å². The molecule has 0 bridgehead atoms. The number of nitrogens with one attached hydrogen (secondary N) is 1. The first-order valence-corrected chi connectivity index (χ1v) is 6.58. The van der Waals surface area contributed by atoms with E-state index in [-0.39, 0.29) is 11.9 Å². The van der Waals surface area contributed by atoms with Gasteiger partial charge in [0.25, 0.3) is 0 Å². The lowest BCUT2D eigenvalue weighted by atomic mass is 10.0. The summed E-state index contributed by atoms with van der Waals surface area (Å²) in [6.45, 7) is 3.96. The number of carbonyl (C=O) groups is 1. The molecule has 1 atom stereocenters. The Bertz CT molecular complexity index is 574. The number of nitrogens with two attached hydrogens (primary N) is 1. The Hall–Kier alpha value is -1.81. The summed E-state index contributed by atoms with van der Waals surface area (Å²) in [4.78, 5) is 17.0. The third-order valence-electron chi connectivity index (χ3n) is 3.55. The monoisotopic (exact) mass is 259 g/mol. The first kappa shape index (κ1) is 13.6. The Morgan fingerprint density at radius 3 is 2.74 bits per heavy atom. The summed E-state index contributed by atoms with van der Waals surface area (Å²) in [5.74, 6) is -0.0136. The maximum atomic E-state index is 12.1. The summed E-state index contributed by atoms with van der Waals surface area (Å²) in [5.41, 5.74) is 8.20. The number of fused-ring (bicyclic) bond motifs is 1. The Morgan fingerprint density at radius 1 is 1.37 bits per heavy atom. The molecule has 1 aromatic heterocycles.